The van der Waals surface area contributed by atoms with Crippen LogP contribution in [0.1, 0.15) is 5.56 Å². The highest BCUT2D eigenvalue weighted by Gasteiger charge is 2.26. The van der Waals surface area contributed by atoms with Gasteiger partial charge in [0.25, 0.3) is 5.91 Å². The van der Waals surface area contributed by atoms with Gasteiger partial charge in [0.15, 0.2) is 5.71 Å². The van der Waals surface area contributed by atoms with Crippen molar-refractivity contribution in [2.45, 2.75) is 0 Å². The summed E-state index contributed by atoms with van der Waals surface area (Å²) in [6.45, 7) is 0. The van der Waals surface area contributed by atoms with Crippen LogP contribution in [0.15, 0.2) is 47.8 Å². The van der Waals surface area contributed by atoms with Gasteiger partial charge in [-0.2, -0.15) is 5.10 Å². The van der Waals surface area contributed by atoms with E-state index in [9.17, 15) is 4.79 Å². The third kappa shape index (κ3) is 1.95. The minimum Gasteiger partial charge on any atom is -0.320 e. The van der Waals surface area contributed by atoms with Gasteiger partial charge in [-0.25, -0.2) is 0 Å². The van der Waals surface area contributed by atoms with Crippen LogP contribution in [0.3, 0.4) is 0 Å². The average Bonchev–Trinajstić information content (AvgIpc) is 2.76. The monoisotopic (exact) mass is 252 g/mol. The molecule has 2 N–H and O–H groups in total. The molecule has 0 saturated carbocycles. The Morgan fingerprint density at radius 3 is 2.68 bits per heavy atom. The van der Waals surface area contributed by atoms with E-state index in [-0.39, 0.29) is 5.91 Å². The molecule has 2 aromatic rings. The third-order valence-electron chi connectivity index (χ3n) is 2.98. The van der Waals surface area contributed by atoms with E-state index in [1.807, 2.05) is 30.3 Å². The van der Waals surface area contributed by atoms with Gasteiger partial charge >= 0.3 is 0 Å². The Morgan fingerprint density at radius 1 is 1.16 bits per heavy atom. The van der Waals surface area contributed by atoms with Crippen molar-refractivity contribution in [1.29, 1.82) is 0 Å². The van der Waals surface area contributed by atoms with Crippen molar-refractivity contribution in [3.63, 3.8) is 0 Å². The summed E-state index contributed by atoms with van der Waals surface area (Å²) in [6, 6.07) is 9.68. The van der Waals surface area contributed by atoms with E-state index in [1.54, 1.807) is 19.4 Å². The summed E-state index contributed by atoms with van der Waals surface area (Å²) < 4.78 is 0. The van der Waals surface area contributed by atoms with Crippen LogP contribution in [0.5, 0.6) is 0 Å². The lowest BCUT2D eigenvalue weighted by atomic mass is 10.0. The molecule has 5 nitrogen and oxygen atoms in total. The first-order valence-corrected chi connectivity index (χ1v) is 5.90. The molecule has 0 unspecified atom stereocenters. The summed E-state index contributed by atoms with van der Waals surface area (Å²) in [5, 5.41) is 6.81. The Bertz CT molecular complexity index is 664. The molecule has 1 aliphatic heterocycles. The van der Waals surface area contributed by atoms with Crippen LogP contribution in [-0.4, -0.2) is 23.7 Å². The maximum Gasteiger partial charge on any atom is 0.276 e. The topological polar surface area (TPSA) is 66.4 Å². The molecule has 0 fully saturated rings. The third-order valence-corrected chi connectivity index (χ3v) is 2.98. The van der Waals surface area contributed by atoms with Gasteiger partial charge in [0.1, 0.15) is 0 Å². The maximum atomic E-state index is 11.8. The summed E-state index contributed by atoms with van der Waals surface area (Å²) in [7, 11) is 1.67. The Balaban J connectivity index is 2.10. The lowest BCUT2D eigenvalue weighted by Crippen LogP contribution is -2.17. The fourth-order valence-electron chi connectivity index (χ4n) is 2.10. The summed E-state index contributed by atoms with van der Waals surface area (Å²) in [5.41, 5.74) is 6.76. The van der Waals surface area contributed by atoms with Gasteiger partial charge < -0.3 is 10.7 Å². The summed E-state index contributed by atoms with van der Waals surface area (Å²) >= 11 is 0. The number of hydrogen-bond acceptors (Lipinski definition) is 4. The predicted molar refractivity (Wildman–Crippen MR) is 73.9 cm³/mol. The number of hydrogen-bond donors (Lipinski definition) is 2. The Labute approximate surface area is 110 Å². The van der Waals surface area contributed by atoms with E-state index in [0.29, 0.717) is 5.71 Å². The summed E-state index contributed by atoms with van der Waals surface area (Å²) in [5.74, 6) is -0.184. The van der Waals surface area contributed by atoms with E-state index in [4.69, 9.17) is 0 Å². The zero-order valence-corrected chi connectivity index (χ0v) is 10.3. The second-order valence-electron chi connectivity index (χ2n) is 4.13. The van der Waals surface area contributed by atoms with Crippen molar-refractivity contribution in [3.8, 4) is 11.1 Å². The normalized spacial score (nSPS) is 15.2. The van der Waals surface area contributed by atoms with Crippen LogP contribution in [-0.2, 0) is 4.79 Å². The molecule has 1 aromatic heterocycles. The van der Waals surface area contributed by atoms with Crippen molar-refractivity contribution in [2.75, 3.05) is 12.4 Å². The Hall–Kier alpha value is -2.69. The molecule has 19 heavy (non-hydrogen) atoms. The highest BCUT2D eigenvalue weighted by molar-refractivity contribution is 6.53. The first-order valence-electron chi connectivity index (χ1n) is 5.90. The number of aromatic nitrogens is 1. The van der Waals surface area contributed by atoms with E-state index < -0.39 is 0 Å². The molecule has 0 aliphatic carbocycles. The number of amides is 1. The number of carbonyl (C=O) groups is 1. The second-order valence-corrected chi connectivity index (χ2v) is 4.13. The van der Waals surface area contributed by atoms with Crippen LogP contribution >= 0.6 is 0 Å². The van der Waals surface area contributed by atoms with Gasteiger partial charge in [0.05, 0.1) is 5.69 Å². The van der Waals surface area contributed by atoms with Crippen molar-refractivity contribution in [3.05, 3.63) is 48.3 Å². The fraction of sp³-hybridized carbons (Fsp3) is 0.0714. The van der Waals surface area contributed by atoms with Crippen LogP contribution < -0.4 is 10.7 Å². The number of rotatable bonds is 2. The smallest absolute Gasteiger partial charge is 0.276 e. The van der Waals surface area contributed by atoms with Gasteiger partial charge in [-0.1, -0.05) is 6.07 Å². The number of carbonyl (C=O) groups excluding carboxylic acids is 1. The van der Waals surface area contributed by atoms with E-state index in [1.165, 1.54) is 0 Å². The maximum absolute atomic E-state index is 11.8. The van der Waals surface area contributed by atoms with E-state index in [0.717, 1.165) is 22.4 Å². The van der Waals surface area contributed by atoms with Crippen molar-refractivity contribution in [2.24, 2.45) is 5.10 Å². The molecular formula is C14H12N4O. The molecule has 1 aliphatic rings. The number of hydrazone groups is 1. The predicted octanol–water partition coefficient (Wildman–Crippen LogP) is 1.62. The Morgan fingerprint density at radius 2 is 1.95 bits per heavy atom. The van der Waals surface area contributed by atoms with Crippen LogP contribution in [0.4, 0.5) is 5.69 Å². The molecular weight excluding hydrogens is 240 g/mol. The van der Waals surface area contributed by atoms with Crippen LogP contribution in [0, 0.1) is 0 Å². The van der Waals surface area contributed by atoms with Gasteiger partial charge in [0.2, 0.25) is 0 Å². The molecule has 94 valence electrons. The largest absolute Gasteiger partial charge is 0.320 e. The first-order chi connectivity index (χ1) is 9.29. The van der Waals surface area contributed by atoms with Gasteiger partial charge in [-0.3, -0.25) is 9.78 Å². The highest BCUT2D eigenvalue weighted by atomic mass is 16.2. The lowest BCUT2D eigenvalue weighted by Gasteiger charge is -2.04. The van der Waals surface area contributed by atoms with Gasteiger partial charge in [0, 0.05) is 25.0 Å². The average molecular weight is 252 g/mol. The number of anilines is 1. The molecule has 0 saturated heterocycles. The first kappa shape index (κ1) is 11.4. The van der Waals surface area contributed by atoms with Crippen LogP contribution in [0.2, 0.25) is 0 Å². The fourth-order valence-corrected chi connectivity index (χ4v) is 2.10. The Kier molecular flexibility index (Phi) is 2.72. The molecule has 0 atom stereocenters. The summed E-state index contributed by atoms with van der Waals surface area (Å²) in [4.78, 5) is 15.8. The lowest BCUT2D eigenvalue weighted by molar-refractivity contribution is -0.110. The minimum atomic E-state index is -0.184. The molecule has 5 heteroatoms. The van der Waals surface area contributed by atoms with Crippen molar-refractivity contribution in [1.82, 2.24) is 10.4 Å². The standard InChI is InChI=1S/C14H12N4O/c1-15-18-13-11-8-10(9-4-6-16-7-5-9)2-3-12(11)17-14(13)19/h2-8,15H,1H3,(H,17,18,19). The number of pyridine rings is 1. The summed E-state index contributed by atoms with van der Waals surface area (Å²) in [6.07, 6.45) is 3.49. The molecule has 2 heterocycles. The molecule has 1 aromatic carbocycles. The number of benzene rings is 1. The molecule has 0 bridgehead atoms. The second kappa shape index (κ2) is 4.53. The number of fused-ring (bicyclic) bond motifs is 1. The van der Waals surface area contributed by atoms with Gasteiger partial charge in [-0.15, -0.1) is 0 Å². The number of nitrogens with one attached hydrogen (secondary N) is 2. The van der Waals surface area contributed by atoms with Crippen LogP contribution in [0.25, 0.3) is 11.1 Å². The van der Waals surface area contributed by atoms with E-state index >= 15 is 0 Å². The molecule has 0 radical (unpaired) electrons. The number of nitrogens with zero attached hydrogens (tertiary/aromatic N) is 2. The zero-order chi connectivity index (χ0) is 13.2. The van der Waals surface area contributed by atoms with Crippen molar-refractivity contribution < 1.29 is 4.79 Å². The molecule has 1 amide bonds. The van der Waals surface area contributed by atoms with Crippen molar-refractivity contribution >= 4 is 17.3 Å². The van der Waals surface area contributed by atoms with Gasteiger partial charge in [-0.05, 0) is 35.4 Å². The quantitative estimate of drug-likeness (QED) is 0.798. The SMILES string of the molecule is CNN=C1C(=O)Nc2ccc(-c3ccncc3)cc21. The molecule has 3 rings (SSSR count). The zero-order valence-electron chi connectivity index (χ0n) is 10.3. The minimum absolute atomic E-state index is 0.184. The molecule has 0 spiro atoms. The highest BCUT2D eigenvalue weighted by Crippen LogP contribution is 2.29. The van der Waals surface area contributed by atoms with E-state index in [2.05, 4.69) is 20.8 Å².